The summed E-state index contributed by atoms with van der Waals surface area (Å²) in [5.74, 6) is 0. The number of hydrogen-bond acceptors (Lipinski definition) is 2. The van der Waals surface area contributed by atoms with Crippen LogP contribution in [-0.4, -0.2) is 38.1 Å². The van der Waals surface area contributed by atoms with E-state index in [1.54, 1.807) is 0 Å². The summed E-state index contributed by atoms with van der Waals surface area (Å²) in [6.45, 7) is 18.3. The minimum absolute atomic E-state index is 0.356. The molecule has 0 heterocycles. The topological polar surface area (TPSA) is 15.3 Å². The Hall–Kier alpha value is -0.0800. The highest BCUT2D eigenvalue weighted by Crippen LogP contribution is 2.19. The molecule has 0 aromatic carbocycles. The quantitative estimate of drug-likeness (QED) is 0.674. The predicted molar refractivity (Wildman–Crippen MR) is 73.9 cm³/mol. The lowest BCUT2D eigenvalue weighted by Crippen LogP contribution is -2.41. The maximum atomic E-state index is 3.52. The third kappa shape index (κ3) is 9.17. The predicted octanol–water partition coefficient (Wildman–Crippen LogP) is 2.99. The van der Waals surface area contributed by atoms with Crippen molar-refractivity contribution >= 4 is 0 Å². The van der Waals surface area contributed by atoms with E-state index in [-0.39, 0.29) is 0 Å². The summed E-state index contributed by atoms with van der Waals surface area (Å²) in [4.78, 5) is 2.45. The molecule has 1 N–H and O–H groups in total. The second-order valence-electron chi connectivity index (χ2n) is 7.07. The Labute approximate surface area is 103 Å². The Morgan fingerprint density at radius 3 is 2.00 bits per heavy atom. The van der Waals surface area contributed by atoms with Gasteiger partial charge in [-0.25, -0.2) is 0 Å². The molecule has 0 aromatic rings. The standard InChI is InChI=1S/C14H32N2/c1-8-9-15-10-14(5,6)12-16(7)11-13(2,3)4/h15H,8-12H2,1-7H3. The third-order valence-corrected chi connectivity index (χ3v) is 2.47. The molecule has 0 unspecified atom stereocenters. The van der Waals surface area contributed by atoms with Gasteiger partial charge in [0.05, 0.1) is 0 Å². The SMILES string of the molecule is CCCNCC(C)(C)CN(C)CC(C)(C)C. The van der Waals surface area contributed by atoms with Crippen molar-refractivity contribution in [2.24, 2.45) is 10.8 Å². The average Bonchev–Trinajstić information content (AvgIpc) is 1.98. The summed E-state index contributed by atoms with van der Waals surface area (Å²) in [7, 11) is 2.23. The molecule has 2 nitrogen and oxygen atoms in total. The average molecular weight is 228 g/mol. The molecule has 0 amide bonds. The van der Waals surface area contributed by atoms with Crippen molar-refractivity contribution in [2.45, 2.75) is 48.0 Å². The zero-order valence-electron chi connectivity index (χ0n) is 12.5. The maximum absolute atomic E-state index is 3.52. The van der Waals surface area contributed by atoms with Gasteiger partial charge >= 0.3 is 0 Å². The highest BCUT2D eigenvalue weighted by molar-refractivity contribution is 4.77. The Kier molecular flexibility index (Phi) is 6.57. The number of rotatable bonds is 7. The first-order chi connectivity index (χ1) is 7.16. The largest absolute Gasteiger partial charge is 0.316 e. The molecular weight excluding hydrogens is 196 g/mol. The fraction of sp³-hybridized carbons (Fsp3) is 1.00. The maximum Gasteiger partial charge on any atom is 0.00420 e. The monoisotopic (exact) mass is 228 g/mol. The Morgan fingerprint density at radius 2 is 1.56 bits per heavy atom. The summed E-state index contributed by atoms with van der Waals surface area (Å²) in [6.07, 6.45) is 1.22. The minimum atomic E-state index is 0.356. The van der Waals surface area contributed by atoms with Crippen molar-refractivity contribution in [3.05, 3.63) is 0 Å². The number of nitrogens with one attached hydrogen (secondary N) is 1. The van der Waals surface area contributed by atoms with Crippen LogP contribution >= 0.6 is 0 Å². The molecule has 0 fully saturated rings. The van der Waals surface area contributed by atoms with Gasteiger partial charge in [0.1, 0.15) is 0 Å². The second kappa shape index (κ2) is 6.61. The van der Waals surface area contributed by atoms with Crippen molar-refractivity contribution in [3.8, 4) is 0 Å². The van der Waals surface area contributed by atoms with Crippen LogP contribution in [-0.2, 0) is 0 Å². The minimum Gasteiger partial charge on any atom is -0.316 e. The van der Waals surface area contributed by atoms with Crippen molar-refractivity contribution in [1.82, 2.24) is 10.2 Å². The Balaban J connectivity index is 3.94. The first-order valence-electron chi connectivity index (χ1n) is 6.55. The van der Waals surface area contributed by atoms with E-state index in [0.717, 1.165) is 26.2 Å². The molecule has 2 heteroatoms. The van der Waals surface area contributed by atoms with E-state index in [9.17, 15) is 0 Å². The van der Waals surface area contributed by atoms with Crippen molar-refractivity contribution in [1.29, 1.82) is 0 Å². The van der Waals surface area contributed by atoms with Crippen molar-refractivity contribution < 1.29 is 0 Å². The second-order valence-corrected chi connectivity index (χ2v) is 7.07. The van der Waals surface area contributed by atoms with Crippen LogP contribution in [0.2, 0.25) is 0 Å². The van der Waals surface area contributed by atoms with Crippen LogP contribution in [0.1, 0.15) is 48.0 Å². The summed E-state index contributed by atoms with van der Waals surface area (Å²) in [5, 5.41) is 3.52. The molecule has 0 radical (unpaired) electrons. The van der Waals surface area contributed by atoms with E-state index >= 15 is 0 Å². The van der Waals surface area contributed by atoms with Crippen LogP contribution in [0.4, 0.5) is 0 Å². The van der Waals surface area contributed by atoms with Crippen LogP contribution in [0.15, 0.2) is 0 Å². The molecule has 0 rings (SSSR count). The number of hydrogen-bond donors (Lipinski definition) is 1. The van der Waals surface area contributed by atoms with Crippen LogP contribution in [0.3, 0.4) is 0 Å². The highest BCUT2D eigenvalue weighted by Gasteiger charge is 2.22. The van der Waals surface area contributed by atoms with Gasteiger partial charge in [0.2, 0.25) is 0 Å². The van der Waals surface area contributed by atoms with Gasteiger partial charge in [-0.15, -0.1) is 0 Å². The molecule has 0 aliphatic carbocycles. The molecule has 98 valence electrons. The van der Waals surface area contributed by atoms with E-state index < -0.39 is 0 Å². The van der Waals surface area contributed by atoms with Crippen LogP contribution in [0.25, 0.3) is 0 Å². The van der Waals surface area contributed by atoms with E-state index in [0.29, 0.717) is 10.8 Å². The Bertz CT molecular complexity index is 180. The molecule has 0 saturated heterocycles. The Morgan fingerprint density at radius 1 is 1.00 bits per heavy atom. The van der Waals surface area contributed by atoms with E-state index in [4.69, 9.17) is 0 Å². The van der Waals surface area contributed by atoms with Gasteiger partial charge in [-0.1, -0.05) is 41.5 Å². The van der Waals surface area contributed by atoms with E-state index in [1.165, 1.54) is 6.42 Å². The first kappa shape index (κ1) is 15.9. The number of nitrogens with zero attached hydrogens (tertiary/aromatic N) is 1. The van der Waals surface area contributed by atoms with Gasteiger partial charge in [-0.3, -0.25) is 0 Å². The van der Waals surface area contributed by atoms with Gasteiger partial charge in [-0.05, 0) is 30.8 Å². The first-order valence-corrected chi connectivity index (χ1v) is 6.55. The lowest BCUT2D eigenvalue weighted by molar-refractivity contribution is 0.159. The lowest BCUT2D eigenvalue weighted by atomic mass is 9.90. The summed E-state index contributed by atoms with van der Waals surface area (Å²) in [5.41, 5.74) is 0.747. The van der Waals surface area contributed by atoms with Gasteiger partial charge in [0.15, 0.2) is 0 Å². The molecule has 0 atom stereocenters. The molecule has 0 aliphatic rings. The molecule has 0 bridgehead atoms. The summed E-state index contributed by atoms with van der Waals surface area (Å²) < 4.78 is 0. The normalized spacial score (nSPS) is 13.5. The zero-order valence-corrected chi connectivity index (χ0v) is 12.5. The van der Waals surface area contributed by atoms with Crippen LogP contribution in [0, 0.1) is 10.8 Å². The van der Waals surface area contributed by atoms with Gasteiger partial charge < -0.3 is 10.2 Å². The smallest absolute Gasteiger partial charge is 0.00420 e. The fourth-order valence-corrected chi connectivity index (χ4v) is 2.26. The molecule has 0 aliphatic heterocycles. The molecule has 0 spiro atoms. The molecule has 0 saturated carbocycles. The van der Waals surface area contributed by atoms with Gasteiger partial charge in [0.25, 0.3) is 0 Å². The zero-order chi connectivity index (χ0) is 12.8. The fourth-order valence-electron chi connectivity index (χ4n) is 2.26. The molecule has 16 heavy (non-hydrogen) atoms. The molecular formula is C14H32N2. The van der Waals surface area contributed by atoms with E-state index in [2.05, 4.69) is 58.8 Å². The molecule has 0 aromatic heterocycles. The van der Waals surface area contributed by atoms with Gasteiger partial charge in [0, 0.05) is 19.6 Å². The van der Waals surface area contributed by atoms with Crippen LogP contribution < -0.4 is 5.32 Å². The van der Waals surface area contributed by atoms with Crippen molar-refractivity contribution in [2.75, 3.05) is 33.2 Å². The summed E-state index contributed by atoms with van der Waals surface area (Å²) >= 11 is 0. The lowest BCUT2D eigenvalue weighted by Gasteiger charge is -2.34. The summed E-state index contributed by atoms with van der Waals surface area (Å²) in [6, 6.07) is 0. The third-order valence-electron chi connectivity index (χ3n) is 2.47. The van der Waals surface area contributed by atoms with E-state index in [1.807, 2.05) is 0 Å². The highest BCUT2D eigenvalue weighted by atomic mass is 15.1. The van der Waals surface area contributed by atoms with Gasteiger partial charge in [-0.2, -0.15) is 0 Å². The van der Waals surface area contributed by atoms with Crippen LogP contribution in [0.5, 0.6) is 0 Å². The van der Waals surface area contributed by atoms with Crippen molar-refractivity contribution in [3.63, 3.8) is 0 Å².